The molecule has 0 saturated carbocycles. The van der Waals surface area contributed by atoms with E-state index in [9.17, 15) is 9.59 Å². The van der Waals surface area contributed by atoms with Gasteiger partial charge in [0.15, 0.2) is 0 Å². The molecular weight excluding hydrogens is 386 g/mol. The van der Waals surface area contributed by atoms with Crippen LogP contribution in [-0.2, 0) is 19.1 Å². The normalized spacial score (nSPS) is 10.2. The molecule has 0 spiro atoms. The molecule has 0 fully saturated rings. The van der Waals surface area contributed by atoms with E-state index in [2.05, 4.69) is 14.5 Å². The second-order valence-electron chi connectivity index (χ2n) is 6.17. The average molecular weight is 407 g/mol. The van der Waals surface area contributed by atoms with Gasteiger partial charge < -0.3 is 18.9 Å². The van der Waals surface area contributed by atoms with Crippen molar-refractivity contribution in [1.29, 1.82) is 0 Å². The van der Waals surface area contributed by atoms with E-state index in [-0.39, 0.29) is 5.57 Å². The first-order valence-corrected chi connectivity index (χ1v) is 9.19. The third kappa shape index (κ3) is 5.35. The molecule has 7 heteroatoms. The summed E-state index contributed by atoms with van der Waals surface area (Å²) in [5, 5.41) is 1.01. The van der Waals surface area contributed by atoms with Gasteiger partial charge in [0.05, 0.1) is 19.7 Å². The third-order valence-corrected chi connectivity index (χ3v) is 4.20. The number of hydrogen-bond donors (Lipinski definition) is 0. The summed E-state index contributed by atoms with van der Waals surface area (Å²) < 4.78 is 20.6. The van der Waals surface area contributed by atoms with Crippen molar-refractivity contribution in [1.82, 2.24) is 4.98 Å². The summed E-state index contributed by atoms with van der Waals surface area (Å²) in [6.07, 6.45) is 3.16. The quantitative estimate of drug-likeness (QED) is 0.186. The number of pyridine rings is 1. The molecule has 1 heterocycles. The molecule has 30 heavy (non-hydrogen) atoms. The maximum absolute atomic E-state index is 11.7. The number of rotatable bonds is 8. The van der Waals surface area contributed by atoms with E-state index in [1.54, 1.807) is 30.5 Å². The maximum Gasteiger partial charge on any atom is 0.345 e. The molecule has 0 radical (unpaired) electrons. The van der Waals surface area contributed by atoms with Crippen molar-refractivity contribution in [3.8, 4) is 11.5 Å². The fourth-order valence-corrected chi connectivity index (χ4v) is 2.71. The summed E-state index contributed by atoms with van der Waals surface area (Å²) in [5.74, 6) is -0.138. The van der Waals surface area contributed by atoms with Crippen LogP contribution in [0.3, 0.4) is 0 Å². The molecule has 0 saturated heterocycles. The van der Waals surface area contributed by atoms with E-state index in [1.165, 1.54) is 20.3 Å². The number of hydrogen-bond acceptors (Lipinski definition) is 7. The van der Waals surface area contributed by atoms with Crippen molar-refractivity contribution in [2.75, 3.05) is 27.4 Å². The second kappa shape index (κ2) is 10.1. The minimum absolute atomic E-state index is 0.187. The van der Waals surface area contributed by atoms with Crippen LogP contribution in [0.2, 0.25) is 0 Å². The van der Waals surface area contributed by atoms with Gasteiger partial charge in [-0.05, 0) is 48.0 Å². The van der Waals surface area contributed by atoms with E-state index < -0.39 is 11.9 Å². The van der Waals surface area contributed by atoms with E-state index in [4.69, 9.17) is 9.47 Å². The van der Waals surface area contributed by atoms with Gasteiger partial charge >= 0.3 is 11.9 Å². The van der Waals surface area contributed by atoms with Crippen LogP contribution in [0.4, 0.5) is 0 Å². The predicted molar refractivity (Wildman–Crippen MR) is 111 cm³/mol. The Morgan fingerprint density at radius 2 is 1.50 bits per heavy atom. The molecule has 0 bridgehead atoms. The molecule has 154 valence electrons. The fourth-order valence-electron chi connectivity index (χ4n) is 2.71. The zero-order valence-electron chi connectivity index (χ0n) is 16.7. The Morgan fingerprint density at radius 1 is 0.867 bits per heavy atom. The summed E-state index contributed by atoms with van der Waals surface area (Å²) in [6, 6.07) is 16.5. The Hall–Kier alpha value is -3.87. The first kappa shape index (κ1) is 20.9. The van der Waals surface area contributed by atoms with E-state index in [0.717, 1.165) is 16.7 Å². The van der Waals surface area contributed by atoms with Crippen LogP contribution in [-0.4, -0.2) is 44.4 Å². The fraction of sp³-hybridized carbons (Fsp3) is 0.174. The molecule has 1 aromatic heterocycles. The second-order valence-corrected chi connectivity index (χ2v) is 6.17. The number of benzene rings is 2. The van der Waals surface area contributed by atoms with Crippen molar-refractivity contribution >= 4 is 28.9 Å². The molecule has 2 aromatic carbocycles. The van der Waals surface area contributed by atoms with Crippen LogP contribution < -0.4 is 9.47 Å². The molecule has 0 N–H and O–H groups in total. The van der Waals surface area contributed by atoms with Crippen molar-refractivity contribution in [3.05, 3.63) is 71.9 Å². The smallest absolute Gasteiger partial charge is 0.345 e. The van der Waals surface area contributed by atoms with Gasteiger partial charge in [0.2, 0.25) is 0 Å². The van der Waals surface area contributed by atoms with Crippen LogP contribution >= 0.6 is 0 Å². The largest absolute Gasteiger partial charge is 0.490 e. The van der Waals surface area contributed by atoms with Gasteiger partial charge in [0, 0.05) is 11.6 Å². The highest BCUT2D eigenvalue weighted by Gasteiger charge is 2.19. The van der Waals surface area contributed by atoms with Gasteiger partial charge in [-0.2, -0.15) is 0 Å². The number of fused-ring (bicyclic) bond motifs is 1. The molecule has 3 aromatic rings. The molecule has 3 rings (SSSR count). The average Bonchev–Trinajstić information content (AvgIpc) is 2.80. The Labute approximate surface area is 173 Å². The van der Waals surface area contributed by atoms with Gasteiger partial charge in [-0.25, -0.2) is 9.59 Å². The summed E-state index contributed by atoms with van der Waals surface area (Å²) >= 11 is 0. The highest BCUT2D eigenvalue weighted by molar-refractivity contribution is 6.17. The molecule has 7 nitrogen and oxygen atoms in total. The number of carbonyl (C=O) groups is 2. The topological polar surface area (TPSA) is 84.0 Å². The highest BCUT2D eigenvalue weighted by Crippen LogP contribution is 2.19. The summed E-state index contributed by atoms with van der Waals surface area (Å²) in [5.41, 5.74) is 1.36. The minimum atomic E-state index is -0.760. The monoisotopic (exact) mass is 407 g/mol. The van der Waals surface area contributed by atoms with Gasteiger partial charge in [-0.3, -0.25) is 4.98 Å². The third-order valence-electron chi connectivity index (χ3n) is 4.20. The molecule has 0 aliphatic carbocycles. The number of methoxy groups -OCH3 is 2. The number of ether oxygens (including phenoxy) is 4. The van der Waals surface area contributed by atoms with Crippen molar-refractivity contribution in [2.24, 2.45) is 0 Å². The van der Waals surface area contributed by atoms with Gasteiger partial charge in [-0.1, -0.05) is 18.2 Å². The number of aromatic nitrogens is 1. The Morgan fingerprint density at radius 3 is 2.17 bits per heavy atom. The van der Waals surface area contributed by atoms with Gasteiger partial charge in [0.25, 0.3) is 0 Å². The van der Waals surface area contributed by atoms with E-state index in [1.807, 2.05) is 30.3 Å². The molecule has 0 aliphatic rings. The van der Waals surface area contributed by atoms with E-state index >= 15 is 0 Å². The first-order chi connectivity index (χ1) is 14.6. The maximum atomic E-state index is 11.7. The number of nitrogens with zero attached hydrogens (tertiary/aromatic N) is 1. The van der Waals surface area contributed by atoms with Gasteiger partial charge in [0.1, 0.15) is 30.3 Å². The lowest BCUT2D eigenvalue weighted by molar-refractivity contribution is -0.143. The summed E-state index contributed by atoms with van der Waals surface area (Å²) in [6.45, 7) is 0.734. The first-order valence-electron chi connectivity index (χ1n) is 9.19. The number of esters is 2. The van der Waals surface area contributed by atoms with Crippen LogP contribution in [0.5, 0.6) is 11.5 Å². The standard InChI is InChI=1S/C23H21NO6/c1-27-22(25)20(23(26)28-2)14-16-5-7-18(8-6-16)29-12-13-30-19-9-10-21-17(15-19)4-3-11-24-21/h3-11,14-15H,12-13H2,1-2H3. The lowest BCUT2D eigenvalue weighted by Gasteiger charge is -2.09. The van der Waals surface area contributed by atoms with Crippen LogP contribution in [0.15, 0.2) is 66.4 Å². The van der Waals surface area contributed by atoms with Crippen LogP contribution in [0.1, 0.15) is 5.56 Å². The zero-order valence-corrected chi connectivity index (χ0v) is 16.7. The molecule has 0 atom stereocenters. The summed E-state index contributed by atoms with van der Waals surface area (Å²) in [7, 11) is 2.40. The van der Waals surface area contributed by atoms with Crippen molar-refractivity contribution < 1.29 is 28.5 Å². The predicted octanol–water partition coefficient (Wildman–Crippen LogP) is 3.42. The minimum Gasteiger partial charge on any atom is -0.490 e. The van der Waals surface area contributed by atoms with Crippen LogP contribution in [0, 0.1) is 0 Å². The molecule has 0 amide bonds. The lowest BCUT2D eigenvalue weighted by atomic mass is 10.1. The Balaban J connectivity index is 1.54. The SMILES string of the molecule is COC(=O)C(=Cc1ccc(OCCOc2ccc3ncccc3c2)cc1)C(=O)OC. The lowest BCUT2D eigenvalue weighted by Crippen LogP contribution is -2.15. The van der Waals surface area contributed by atoms with Crippen LogP contribution in [0.25, 0.3) is 17.0 Å². The Bertz CT molecular complexity index is 1040. The summed E-state index contributed by atoms with van der Waals surface area (Å²) in [4.78, 5) is 27.7. The van der Waals surface area contributed by atoms with Crippen molar-refractivity contribution in [3.63, 3.8) is 0 Å². The highest BCUT2D eigenvalue weighted by atomic mass is 16.5. The van der Waals surface area contributed by atoms with Gasteiger partial charge in [-0.15, -0.1) is 0 Å². The van der Waals surface area contributed by atoms with E-state index in [0.29, 0.717) is 24.5 Å². The molecule has 0 aliphatic heterocycles. The molecule has 0 unspecified atom stereocenters. The molecular formula is C23H21NO6. The number of carbonyl (C=O) groups excluding carboxylic acids is 2. The Kier molecular flexibility index (Phi) is 7.00. The van der Waals surface area contributed by atoms with Crippen molar-refractivity contribution in [2.45, 2.75) is 0 Å². The zero-order chi connectivity index (χ0) is 21.3.